The van der Waals surface area contributed by atoms with Crippen LogP contribution in [0.5, 0.6) is 0 Å². The first-order valence-corrected chi connectivity index (χ1v) is 3.11. The van der Waals surface area contributed by atoms with Crippen molar-refractivity contribution in [2.75, 3.05) is 6.54 Å². The molecule has 1 fully saturated rings. The molecule has 3 nitrogen and oxygen atoms in total. The van der Waals surface area contributed by atoms with Crippen LogP contribution in [0.25, 0.3) is 0 Å². The zero-order valence-electron chi connectivity index (χ0n) is 5.66. The van der Waals surface area contributed by atoms with Crippen LogP contribution in [-0.2, 0) is 4.79 Å². The molecule has 2 unspecified atom stereocenters. The molecule has 1 saturated heterocycles. The molecule has 1 amide bonds. The van der Waals surface area contributed by atoms with Gasteiger partial charge in [-0.15, -0.1) is 0 Å². The number of rotatable bonds is 1. The zero-order valence-corrected chi connectivity index (χ0v) is 5.66. The number of carbonyl (C=O) groups excluding carboxylic acids is 1. The summed E-state index contributed by atoms with van der Waals surface area (Å²) in [6.45, 7) is 4.26. The van der Waals surface area contributed by atoms with Gasteiger partial charge in [-0.2, -0.15) is 0 Å². The van der Waals surface area contributed by atoms with E-state index in [9.17, 15) is 4.79 Å². The van der Waals surface area contributed by atoms with E-state index in [1.54, 1.807) is 4.90 Å². The van der Waals surface area contributed by atoms with E-state index in [2.05, 4.69) is 0 Å². The first kappa shape index (κ1) is 6.55. The second-order valence-corrected chi connectivity index (χ2v) is 2.52. The maximum atomic E-state index is 10.8. The lowest BCUT2D eigenvalue weighted by Crippen LogP contribution is -2.24. The van der Waals surface area contributed by atoms with Crippen LogP contribution in [-0.4, -0.2) is 34.6 Å². The third-order valence-corrected chi connectivity index (χ3v) is 1.50. The first-order valence-electron chi connectivity index (χ1n) is 3.11. The summed E-state index contributed by atoms with van der Waals surface area (Å²) >= 11 is 0. The van der Waals surface area contributed by atoms with E-state index in [4.69, 9.17) is 5.11 Å². The lowest BCUT2D eigenvalue weighted by molar-refractivity contribution is -0.133. The van der Waals surface area contributed by atoms with E-state index >= 15 is 0 Å². The van der Waals surface area contributed by atoms with Crippen molar-refractivity contribution in [2.45, 2.75) is 26.0 Å². The molecular formula is C6H11NO2. The first-order chi connectivity index (χ1) is 4.13. The SMILES string of the molecule is CC(O)C(=O)N1CC1C. The highest BCUT2D eigenvalue weighted by Gasteiger charge is 2.35. The fourth-order valence-corrected chi connectivity index (χ4v) is 0.785. The van der Waals surface area contributed by atoms with Gasteiger partial charge in [-0.25, -0.2) is 0 Å². The van der Waals surface area contributed by atoms with Gasteiger partial charge in [0.15, 0.2) is 0 Å². The second-order valence-electron chi connectivity index (χ2n) is 2.52. The van der Waals surface area contributed by atoms with Crippen LogP contribution in [0.1, 0.15) is 13.8 Å². The lowest BCUT2D eigenvalue weighted by Gasteiger charge is -2.03. The zero-order chi connectivity index (χ0) is 7.02. The van der Waals surface area contributed by atoms with Gasteiger partial charge in [0.2, 0.25) is 0 Å². The monoisotopic (exact) mass is 129 g/mol. The normalized spacial score (nSPS) is 27.9. The Balaban J connectivity index is 2.36. The van der Waals surface area contributed by atoms with Gasteiger partial charge in [0.25, 0.3) is 5.91 Å². The van der Waals surface area contributed by atoms with Gasteiger partial charge < -0.3 is 10.0 Å². The van der Waals surface area contributed by atoms with Crippen LogP contribution < -0.4 is 0 Å². The summed E-state index contributed by atoms with van der Waals surface area (Å²) in [5.74, 6) is -0.150. The number of aliphatic hydroxyl groups excluding tert-OH is 1. The van der Waals surface area contributed by atoms with Crippen molar-refractivity contribution in [3.8, 4) is 0 Å². The average molecular weight is 129 g/mol. The van der Waals surface area contributed by atoms with Gasteiger partial charge >= 0.3 is 0 Å². The Morgan fingerprint density at radius 1 is 1.89 bits per heavy atom. The Kier molecular flexibility index (Phi) is 1.45. The molecule has 0 aromatic heterocycles. The summed E-state index contributed by atoms with van der Waals surface area (Å²) in [6.07, 6.45) is -0.824. The molecule has 0 saturated carbocycles. The lowest BCUT2D eigenvalue weighted by atomic mass is 10.4. The Bertz CT molecular complexity index is 133. The van der Waals surface area contributed by atoms with Crippen molar-refractivity contribution in [3.05, 3.63) is 0 Å². The molecule has 0 radical (unpaired) electrons. The minimum Gasteiger partial charge on any atom is -0.384 e. The van der Waals surface area contributed by atoms with Crippen LogP contribution in [0.3, 0.4) is 0 Å². The summed E-state index contributed by atoms with van der Waals surface area (Å²) in [4.78, 5) is 12.4. The number of hydrogen-bond donors (Lipinski definition) is 1. The smallest absolute Gasteiger partial charge is 0.251 e. The van der Waals surface area contributed by atoms with E-state index in [1.165, 1.54) is 6.92 Å². The Morgan fingerprint density at radius 3 is 2.44 bits per heavy atom. The van der Waals surface area contributed by atoms with Crippen molar-refractivity contribution in [1.29, 1.82) is 0 Å². The molecule has 0 bridgehead atoms. The largest absolute Gasteiger partial charge is 0.384 e. The van der Waals surface area contributed by atoms with Crippen molar-refractivity contribution in [2.24, 2.45) is 0 Å². The standard InChI is InChI=1S/C6H11NO2/c1-4-3-7(4)6(9)5(2)8/h4-5,8H,3H2,1-2H3. The highest BCUT2D eigenvalue weighted by atomic mass is 16.3. The summed E-state index contributed by atoms with van der Waals surface area (Å²) in [6, 6.07) is 0.354. The number of nitrogens with zero attached hydrogens (tertiary/aromatic N) is 1. The highest BCUT2D eigenvalue weighted by molar-refractivity contribution is 5.82. The van der Waals surface area contributed by atoms with Crippen molar-refractivity contribution >= 4 is 5.91 Å². The summed E-state index contributed by atoms with van der Waals surface area (Å²) in [5, 5.41) is 8.76. The van der Waals surface area contributed by atoms with Gasteiger partial charge in [0.1, 0.15) is 6.10 Å². The van der Waals surface area contributed by atoms with Gasteiger partial charge in [-0.05, 0) is 13.8 Å². The molecule has 1 N–H and O–H groups in total. The molecule has 1 rings (SSSR count). The third kappa shape index (κ3) is 1.21. The summed E-state index contributed by atoms with van der Waals surface area (Å²) in [7, 11) is 0. The topological polar surface area (TPSA) is 40.3 Å². The fraction of sp³-hybridized carbons (Fsp3) is 0.833. The Hall–Kier alpha value is -0.570. The Morgan fingerprint density at radius 2 is 2.33 bits per heavy atom. The quantitative estimate of drug-likeness (QED) is 0.489. The van der Waals surface area contributed by atoms with Crippen molar-refractivity contribution in [3.63, 3.8) is 0 Å². The maximum absolute atomic E-state index is 10.8. The molecule has 0 aromatic rings. The van der Waals surface area contributed by atoms with Gasteiger partial charge in [0, 0.05) is 12.6 Å². The minimum absolute atomic E-state index is 0.150. The van der Waals surface area contributed by atoms with Crippen LogP contribution in [0, 0.1) is 0 Å². The molecule has 0 aliphatic carbocycles. The highest BCUT2D eigenvalue weighted by Crippen LogP contribution is 2.16. The molecule has 3 heteroatoms. The molecule has 52 valence electrons. The maximum Gasteiger partial charge on any atom is 0.251 e. The Labute approximate surface area is 54.3 Å². The summed E-state index contributed by atoms with van der Waals surface area (Å²) in [5.41, 5.74) is 0. The van der Waals surface area contributed by atoms with Crippen LogP contribution in [0.15, 0.2) is 0 Å². The predicted molar refractivity (Wildman–Crippen MR) is 32.9 cm³/mol. The van der Waals surface area contributed by atoms with Crippen LogP contribution in [0.4, 0.5) is 0 Å². The molecule has 0 aromatic carbocycles. The fourth-order valence-electron chi connectivity index (χ4n) is 0.785. The second kappa shape index (κ2) is 1.99. The third-order valence-electron chi connectivity index (χ3n) is 1.50. The van der Waals surface area contributed by atoms with E-state index in [0.717, 1.165) is 6.54 Å². The minimum atomic E-state index is -0.824. The summed E-state index contributed by atoms with van der Waals surface area (Å²) < 4.78 is 0. The van der Waals surface area contributed by atoms with Gasteiger partial charge in [-0.1, -0.05) is 0 Å². The number of hydrogen-bond acceptors (Lipinski definition) is 2. The van der Waals surface area contributed by atoms with E-state index in [0.29, 0.717) is 6.04 Å². The molecule has 1 aliphatic heterocycles. The van der Waals surface area contributed by atoms with E-state index in [1.807, 2.05) is 6.92 Å². The molecule has 1 heterocycles. The molecule has 2 atom stereocenters. The number of aliphatic hydroxyl groups is 1. The van der Waals surface area contributed by atoms with Crippen molar-refractivity contribution in [1.82, 2.24) is 4.90 Å². The number of amides is 1. The average Bonchev–Trinajstić information content (AvgIpc) is 2.44. The van der Waals surface area contributed by atoms with Crippen LogP contribution in [0.2, 0.25) is 0 Å². The predicted octanol–water partition coefficient (Wildman–Crippen LogP) is -0.402. The molecule has 0 spiro atoms. The number of carbonyl (C=O) groups is 1. The van der Waals surface area contributed by atoms with Crippen molar-refractivity contribution < 1.29 is 9.90 Å². The molecule has 9 heavy (non-hydrogen) atoms. The van der Waals surface area contributed by atoms with Crippen LogP contribution >= 0.6 is 0 Å². The van der Waals surface area contributed by atoms with E-state index in [-0.39, 0.29) is 5.91 Å². The van der Waals surface area contributed by atoms with Gasteiger partial charge in [-0.3, -0.25) is 4.79 Å². The van der Waals surface area contributed by atoms with E-state index < -0.39 is 6.10 Å². The molecular weight excluding hydrogens is 118 g/mol. The molecule has 1 aliphatic rings. The van der Waals surface area contributed by atoms with Gasteiger partial charge in [0.05, 0.1) is 0 Å².